The fourth-order valence-electron chi connectivity index (χ4n) is 4.02. The summed E-state index contributed by atoms with van der Waals surface area (Å²) in [6, 6.07) is 14.7. The van der Waals surface area contributed by atoms with Crippen LogP contribution in [0.5, 0.6) is 0 Å². The molecule has 0 radical (unpaired) electrons. The fourth-order valence-corrected chi connectivity index (χ4v) is 4.90. The zero-order valence-electron chi connectivity index (χ0n) is 16.6. The van der Waals surface area contributed by atoms with E-state index in [0.29, 0.717) is 21.8 Å². The zero-order chi connectivity index (χ0) is 20.4. The molecule has 1 amide bonds. The SMILES string of the molecule is C[C@@H]1CCC[C@@H](C)N1C(=O)CSc1nc(-c2ccccc2)nc2ccc(F)cc12. The van der Waals surface area contributed by atoms with Crippen LogP contribution in [0.4, 0.5) is 4.39 Å². The summed E-state index contributed by atoms with van der Waals surface area (Å²) in [4.78, 5) is 24.2. The lowest BCUT2D eigenvalue weighted by molar-refractivity contribution is -0.134. The van der Waals surface area contributed by atoms with Gasteiger partial charge in [-0.05, 0) is 51.3 Å². The van der Waals surface area contributed by atoms with E-state index < -0.39 is 0 Å². The molecule has 4 rings (SSSR count). The molecule has 0 unspecified atom stereocenters. The highest BCUT2D eigenvalue weighted by molar-refractivity contribution is 8.00. The van der Waals surface area contributed by atoms with Crippen LogP contribution in [0.3, 0.4) is 0 Å². The van der Waals surface area contributed by atoms with Crippen LogP contribution in [0, 0.1) is 5.82 Å². The lowest BCUT2D eigenvalue weighted by atomic mass is 9.98. The van der Waals surface area contributed by atoms with E-state index in [-0.39, 0.29) is 29.6 Å². The molecule has 0 N–H and O–H groups in total. The summed E-state index contributed by atoms with van der Waals surface area (Å²) < 4.78 is 13.9. The number of aromatic nitrogens is 2. The molecule has 1 aliphatic rings. The molecule has 1 aliphatic heterocycles. The Balaban J connectivity index is 1.65. The van der Waals surface area contributed by atoms with Crippen molar-refractivity contribution in [3.8, 4) is 11.4 Å². The summed E-state index contributed by atoms with van der Waals surface area (Å²) in [5, 5.41) is 1.28. The Morgan fingerprint density at radius 1 is 1.10 bits per heavy atom. The normalized spacial score (nSPS) is 19.5. The number of carbonyl (C=O) groups is 1. The van der Waals surface area contributed by atoms with Crippen LogP contribution < -0.4 is 0 Å². The number of likely N-dealkylation sites (tertiary alicyclic amines) is 1. The molecule has 0 spiro atoms. The maximum atomic E-state index is 13.9. The van der Waals surface area contributed by atoms with Crippen molar-refractivity contribution in [3.05, 3.63) is 54.3 Å². The predicted molar refractivity (Wildman–Crippen MR) is 115 cm³/mol. The van der Waals surface area contributed by atoms with E-state index in [1.54, 1.807) is 6.07 Å². The van der Waals surface area contributed by atoms with E-state index in [4.69, 9.17) is 0 Å². The van der Waals surface area contributed by atoms with Crippen molar-refractivity contribution < 1.29 is 9.18 Å². The highest BCUT2D eigenvalue weighted by Gasteiger charge is 2.29. The first kappa shape index (κ1) is 19.8. The maximum Gasteiger partial charge on any atom is 0.233 e. The summed E-state index contributed by atoms with van der Waals surface area (Å²) in [5.74, 6) is 0.643. The fraction of sp³-hybridized carbons (Fsp3) is 0.348. The third-order valence-corrected chi connectivity index (χ3v) is 6.44. The first-order valence-corrected chi connectivity index (χ1v) is 11.0. The third kappa shape index (κ3) is 4.27. The van der Waals surface area contributed by atoms with E-state index in [1.807, 2.05) is 35.2 Å². The zero-order valence-corrected chi connectivity index (χ0v) is 17.5. The molecule has 150 valence electrons. The minimum atomic E-state index is -0.333. The number of carbonyl (C=O) groups excluding carboxylic acids is 1. The Morgan fingerprint density at radius 3 is 2.55 bits per heavy atom. The number of piperidine rings is 1. The Kier molecular flexibility index (Phi) is 5.81. The molecular weight excluding hydrogens is 385 g/mol. The Hall–Kier alpha value is -2.47. The number of fused-ring (bicyclic) bond motifs is 1. The molecule has 6 heteroatoms. The second-order valence-corrected chi connectivity index (χ2v) is 8.56. The summed E-state index contributed by atoms with van der Waals surface area (Å²) >= 11 is 1.36. The minimum absolute atomic E-state index is 0.110. The van der Waals surface area contributed by atoms with Gasteiger partial charge in [-0.15, -0.1) is 0 Å². The van der Waals surface area contributed by atoms with Crippen molar-refractivity contribution in [2.45, 2.75) is 50.2 Å². The first-order chi connectivity index (χ1) is 14.0. The van der Waals surface area contributed by atoms with Crippen molar-refractivity contribution in [2.75, 3.05) is 5.75 Å². The lowest BCUT2D eigenvalue weighted by Gasteiger charge is -2.39. The van der Waals surface area contributed by atoms with Gasteiger partial charge < -0.3 is 4.90 Å². The van der Waals surface area contributed by atoms with E-state index in [0.717, 1.165) is 24.8 Å². The van der Waals surface area contributed by atoms with Crippen molar-refractivity contribution in [3.63, 3.8) is 0 Å². The van der Waals surface area contributed by atoms with Gasteiger partial charge in [0.1, 0.15) is 10.8 Å². The van der Waals surface area contributed by atoms with Crippen molar-refractivity contribution >= 4 is 28.6 Å². The Morgan fingerprint density at radius 2 is 1.83 bits per heavy atom. The molecule has 1 aromatic heterocycles. The van der Waals surface area contributed by atoms with Gasteiger partial charge in [-0.1, -0.05) is 42.1 Å². The van der Waals surface area contributed by atoms with Crippen molar-refractivity contribution in [1.29, 1.82) is 0 Å². The number of halogens is 1. The second kappa shape index (κ2) is 8.49. The van der Waals surface area contributed by atoms with E-state index in [1.165, 1.54) is 23.9 Å². The van der Waals surface area contributed by atoms with Crippen LogP contribution in [0.15, 0.2) is 53.6 Å². The number of rotatable bonds is 4. The van der Waals surface area contributed by atoms with Crippen LogP contribution in [0.2, 0.25) is 0 Å². The smallest absolute Gasteiger partial charge is 0.233 e. The van der Waals surface area contributed by atoms with Gasteiger partial charge in [-0.2, -0.15) is 0 Å². The number of nitrogens with zero attached hydrogens (tertiary/aromatic N) is 3. The van der Waals surface area contributed by atoms with Crippen molar-refractivity contribution in [2.24, 2.45) is 0 Å². The van der Waals surface area contributed by atoms with Gasteiger partial charge in [0.25, 0.3) is 0 Å². The molecule has 1 fully saturated rings. The third-order valence-electron chi connectivity index (χ3n) is 5.47. The largest absolute Gasteiger partial charge is 0.337 e. The second-order valence-electron chi connectivity index (χ2n) is 7.60. The topological polar surface area (TPSA) is 46.1 Å². The minimum Gasteiger partial charge on any atom is -0.337 e. The van der Waals surface area contributed by atoms with Crippen LogP contribution in [0.25, 0.3) is 22.3 Å². The first-order valence-electron chi connectivity index (χ1n) is 9.99. The van der Waals surface area contributed by atoms with Crippen LogP contribution >= 0.6 is 11.8 Å². The summed E-state index contributed by atoms with van der Waals surface area (Å²) in [6.07, 6.45) is 3.25. The number of hydrogen-bond acceptors (Lipinski definition) is 4. The summed E-state index contributed by atoms with van der Waals surface area (Å²) in [6.45, 7) is 4.22. The molecule has 2 heterocycles. The molecule has 2 aromatic carbocycles. The number of hydrogen-bond donors (Lipinski definition) is 0. The Labute approximate surface area is 174 Å². The highest BCUT2D eigenvalue weighted by atomic mass is 32.2. The number of thioether (sulfide) groups is 1. The lowest BCUT2D eigenvalue weighted by Crippen LogP contribution is -2.48. The highest BCUT2D eigenvalue weighted by Crippen LogP contribution is 2.30. The van der Waals surface area contributed by atoms with Gasteiger partial charge in [0, 0.05) is 23.0 Å². The predicted octanol–water partition coefficient (Wildman–Crippen LogP) is 5.32. The van der Waals surface area contributed by atoms with E-state index >= 15 is 0 Å². The average molecular weight is 410 g/mol. The maximum absolute atomic E-state index is 13.9. The molecule has 0 saturated carbocycles. The van der Waals surface area contributed by atoms with Gasteiger partial charge in [-0.3, -0.25) is 4.79 Å². The molecule has 1 saturated heterocycles. The summed E-state index contributed by atoms with van der Waals surface area (Å²) in [5.41, 5.74) is 1.57. The number of benzene rings is 2. The van der Waals surface area contributed by atoms with Gasteiger partial charge in [-0.25, -0.2) is 14.4 Å². The van der Waals surface area contributed by atoms with E-state index in [2.05, 4.69) is 23.8 Å². The van der Waals surface area contributed by atoms with E-state index in [9.17, 15) is 9.18 Å². The molecule has 0 bridgehead atoms. The Bertz CT molecular complexity index is 1020. The standard InChI is InChI=1S/C23H24FN3OS/c1-15-7-6-8-16(2)27(15)21(28)14-29-23-19-13-18(24)11-12-20(19)25-22(26-23)17-9-4-3-5-10-17/h3-5,9-13,15-16H,6-8,14H2,1-2H3/t15-,16-/m1/s1. The molecule has 2 atom stereocenters. The quantitative estimate of drug-likeness (QED) is 0.432. The molecule has 4 nitrogen and oxygen atoms in total. The van der Waals surface area contributed by atoms with Crippen LogP contribution in [-0.4, -0.2) is 38.6 Å². The van der Waals surface area contributed by atoms with Gasteiger partial charge in [0.2, 0.25) is 5.91 Å². The van der Waals surface area contributed by atoms with Crippen LogP contribution in [-0.2, 0) is 4.79 Å². The number of amides is 1. The molecular formula is C23H24FN3OS. The van der Waals surface area contributed by atoms with Gasteiger partial charge >= 0.3 is 0 Å². The van der Waals surface area contributed by atoms with Gasteiger partial charge in [0.05, 0.1) is 11.3 Å². The summed E-state index contributed by atoms with van der Waals surface area (Å²) in [7, 11) is 0. The van der Waals surface area contributed by atoms with Crippen molar-refractivity contribution in [1.82, 2.24) is 14.9 Å². The monoisotopic (exact) mass is 409 g/mol. The van der Waals surface area contributed by atoms with Gasteiger partial charge in [0.15, 0.2) is 5.82 Å². The molecule has 0 aliphatic carbocycles. The van der Waals surface area contributed by atoms with Crippen LogP contribution in [0.1, 0.15) is 33.1 Å². The molecule has 3 aromatic rings. The molecule has 29 heavy (non-hydrogen) atoms. The average Bonchev–Trinajstić information content (AvgIpc) is 2.72.